The number of rotatable bonds is 7. The minimum Gasteiger partial charge on any atom is -0.456 e. The summed E-state index contributed by atoms with van der Waals surface area (Å²) in [7, 11) is 0. The van der Waals surface area contributed by atoms with Gasteiger partial charge in [0.2, 0.25) is 0 Å². The molecule has 6 nitrogen and oxygen atoms in total. The molecule has 6 heteroatoms. The van der Waals surface area contributed by atoms with Crippen LogP contribution in [0.15, 0.2) is 239 Å². The maximum absolute atomic E-state index is 6.70. The number of benzene rings is 10. The van der Waals surface area contributed by atoms with Crippen LogP contribution in [0.4, 0.5) is 0 Å². The average Bonchev–Trinajstić information content (AvgIpc) is 4.10. The lowest BCUT2D eigenvalue weighted by molar-refractivity contribution is 0.668. The molecule has 0 aliphatic rings. The summed E-state index contributed by atoms with van der Waals surface area (Å²) in [5, 5.41) is 6.68. The first kappa shape index (κ1) is 38.8. The summed E-state index contributed by atoms with van der Waals surface area (Å²) >= 11 is 0. The largest absolute Gasteiger partial charge is 0.456 e. The SMILES string of the molecule is c1ccc(-c2ccc3c(c2)c2ccccc2n3-c2ccc3c(c2)oc2cccc(-c4ccc5c(c4)oc4cccc(-c6cccc(-c7nc(-c8ccccc8)nc(-c8ccccc8)n7)c6)c45)c23)cc1. The second-order valence-electron chi connectivity index (χ2n) is 17.5. The molecule has 0 radical (unpaired) electrons. The second kappa shape index (κ2) is 15.6. The van der Waals surface area contributed by atoms with E-state index in [4.69, 9.17) is 23.8 Å². The zero-order valence-electron chi connectivity index (χ0n) is 37.0. The highest BCUT2D eigenvalue weighted by Gasteiger charge is 2.20. The molecule has 0 spiro atoms. The van der Waals surface area contributed by atoms with E-state index in [2.05, 4.69) is 168 Å². The number of furan rings is 2. The highest BCUT2D eigenvalue weighted by atomic mass is 16.3. The Labute approximate surface area is 396 Å². The Morgan fingerprint density at radius 2 is 0.768 bits per heavy atom. The molecule has 0 N–H and O–H groups in total. The number of para-hydroxylation sites is 1. The Balaban J connectivity index is 0.848. The first-order chi connectivity index (χ1) is 34.2. The molecule has 0 aliphatic carbocycles. The van der Waals surface area contributed by atoms with Crippen molar-refractivity contribution < 1.29 is 8.83 Å². The molecule has 14 aromatic rings. The van der Waals surface area contributed by atoms with Gasteiger partial charge in [-0.25, -0.2) is 15.0 Å². The lowest BCUT2D eigenvalue weighted by atomic mass is 9.95. The molecular formula is C63H38N4O2. The summed E-state index contributed by atoms with van der Waals surface area (Å²) in [6, 6.07) is 80.3. The highest BCUT2D eigenvalue weighted by molar-refractivity contribution is 6.16. The first-order valence-corrected chi connectivity index (χ1v) is 23.2. The predicted octanol–water partition coefficient (Wildman–Crippen LogP) is 16.8. The number of hydrogen-bond acceptors (Lipinski definition) is 5. The molecule has 0 fully saturated rings. The molecular weight excluding hydrogens is 845 g/mol. The fourth-order valence-electron chi connectivity index (χ4n) is 10.3. The number of nitrogens with zero attached hydrogens (tertiary/aromatic N) is 4. The van der Waals surface area contributed by atoms with E-state index in [-0.39, 0.29) is 0 Å². The Morgan fingerprint density at radius 1 is 0.275 bits per heavy atom. The van der Waals surface area contributed by atoms with Crippen molar-refractivity contribution in [2.45, 2.75) is 0 Å². The zero-order valence-corrected chi connectivity index (χ0v) is 37.0. The van der Waals surface area contributed by atoms with Gasteiger partial charge < -0.3 is 13.4 Å². The normalized spacial score (nSPS) is 11.8. The van der Waals surface area contributed by atoms with Gasteiger partial charge in [0.1, 0.15) is 22.3 Å². The van der Waals surface area contributed by atoms with Crippen molar-refractivity contribution in [1.82, 2.24) is 19.5 Å². The van der Waals surface area contributed by atoms with Gasteiger partial charge in [-0.2, -0.15) is 0 Å². The fraction of sp³-hybridized carbons (Fsp3) is 0. The summed E-state index contributed by atoms with van der Waals surface area (Å²) < 4.78 is 15.8. The van der Waals surface area contributed by atoms with Crippen molar-refractivity contribution in [2.24, 2.45) is 0 Å². The van der Waals surface area contributed by atoms with E-state index in [0.29, 0.717) is 17.5 Å². The quantitative estimate of drug-likeness (QED) is 0.159. The maximum Gasteiger partial charge on any atom is 0.164 e. The minimum absolute atomic E-state index is 0.611. The van der Waals surface area contributed by atoms with Crippen molar-refractivity contribution >= 4 is 65.7 Å². The smallest absolute Gasteiger partial charge is 0.164 e. The van der Waals surface area contributed by atoms with E-state index in [1.54, 1.807) is 0 Å². The summed E-state index contributed by atoms with van der Waals surface area (Å²) in [5.74, 6) is 1.87. The third kappa shape index (κ3) is 6.45. The molecule has 0 unspecified atom stereocenters. The Bertz CT molecular complexity index is 4250. The van der Waals surface area contributed by atoms with E-state index in [1.165, 1.54) is 21.9 Å². The van der Waals surface area contributed by atoms with Gasteiger partial charge in [-0.05, 0) is 94.0 Å². The molecule has 4 heterocycles. The van der Waals surface area contributed by atoms with Gasteiger partial charge in [-0.1, -0.05) is 164 Å². The second-order valence-corrected chi connectivity index (χ2v) is 17.5. The lowest BCUT2D eigenvalue weighted by Gasteiger charge is -2.10. The van der Waals surface area contributed by atoms with Gasteiger partial charge >= 0.3 is 0 Å². The van der Waals surface area contributed by atoms with Crippen LogP contribution >= 0.6 is 0 Å². The Hall–Kier alpha value is -9.39. The van der Waals surface area contributed by atoms with E-state index >= 15 is 0 Å². The first-order valence-electron chi connectivity index (χ1n) is 23.2. The van der Waals surface area contributed by atoms with E-state index in [0.717, 1.165) is 99.5 Å². The molecule has 10 aromatic carbocycles. The van der Waals surface area contributed by atoms with E-state index in [9.17, 15) is 0 Å². The maximum atomic E-state index is 6.70. The number of hydrogen-bond donors (Lipinski definition) is 0. The molecule has 0 saturated heterocycles. The Morgan fingerprint density at radius 3 is 1.43 bits per heavy atom. The Kier molecular flexibility index (Phi) is 8.79. The van der Waals surface area contributed by atoms with E-state index in [1.807, 2.05) is 66.7 Å². The topological polar surface area (TPSA) is 69.9 Å². The van der Waals surface area contributed by atoms with Crippen LogP contribution in [0.25, 0.3) is 139 Å². The number of aromatic nitrogens is 4. The predicted molar refractivity (Wildman–Crippen MR) is 281 cm³/mol. The van der Waals surface area contributed by atoms with Crippen LogP contribution in [0.1, 0.15) is 0 Å². The van der Waals surface area contributed by atoms with Crippen LogP contribution in [0.3, 0.4) is 0 Å². The molecule has 4 aromatic heterocycles. The molecule has 0 saturated carbocycles. The summed E-state index contributed by atoms with van der Waals surface area (Å²) in [6.07, 6.45) is 0. The van der Waals surface area contributed by atoms with Crippen LogP contribution in [-0.2, 0) is 0 Å². The fourth-order valence-corrected chi connectivity index (χ4v) is 10.3. The third-order valence-electron chi connectivity index (χ3n) is 13.5. The third-order valence-corrected chi connectivity index (χ3v) is 13.5. The number of fused-ring (bicyclic) bond motifs is 9. The minimum atomic E-state index is 0.611. The van der Waals surface area contributed by atoms with Crippen molar-refractivity contribution in [3.63, 3.8) is 0 Å². The van der Waals surface area contributed by atoms with Gasteiger partial charge in [0, 0.05) is 60.8 Å². The molecule has 69 heavy (non-hydrogen) atoms. The van der Waals surface area contributed by atoms with Gasteiger partial charge in [0.25, 0.3) is 0 Å². The van der Waals surface area contributed by atoms with Gasteiger partial charge in [0.05, 0.1) is 11.0 Å². The summed E-state index contributed by atoms with van der Waals surface area (Å²) in [4.78, 5) is 14.9. The van der Waals surface area contributed by atoms with Crippen LogP contribution < -0.4 is 0 Å². The van der Waals surface area contributed by atoms with Gasteiger partial charge in [0.15, 0.2) is 17.5 Å². The van der Waals surface area contributed by atoms with Gasteiger partial charge in [-0.15, -0.1) is 0 Å². The van der Waals surface area contributed by atoms with Crippen molar-refractivity contribution in [3.05, 3.63) is 231 Å². The standard InChI is InChI=1S/C63H38N4O2/c1-4-15-39(16-5-1)42-30-34-54-52(36-42)49-23-10-11-26-53(49)67(54)46-31-33-51-58(38-46)69-56-28-14-25-48(60(51)56)44-29-32-50-57(37-44)68-55-27-13-24-47(59(50)55)43-21-12-22-45(35-43)63-65-61(40-17-6-2-7-18-40)64-62(66-63)41-19-8-3-9-20-41/h1-38H. The molecule has 0 amide bonds. The lowest BCUT2D eigenvalue weighted by Crippen LogP contribution is -2.00. The summed E-state index contributed by atoms with van der Waals surface area (Å²) in [6.45, 7) is 0. The van der Waals surface area contributed by atoms with Crippen molar-refractivity contribution in [3.8, 4) is 73.2 Å². The highest BCUT2D eigenvalue weighted by Crippen LogP contribution is 2.43. The zero-order chi connectivity index (χ0) is 45.4. The van der Waals surface area contributed by atoms with Crippen LogP contribution in [0.5, 0.6) is 0 Å². The van der Waals surface area contributed by atoms with E-state index < -0.39 is 0 Å². The van der Waals surface area contributed by atoms with Crippen molar-refractivity contribution in [2.75, 3.05) is 0 Å². The van der Waals surface area contributed by atoms with Crippen LogP contribution in [0, 0.1) is 0 Å². The monoisotopic (exact) mass is 882 g/mol. The van der Waals surface area contributed by atoms with Gasteiger partial charge in [-0.3, -0.25) is 0 Å². The molecule has 0 atom stereocenters. The van der Waals surface area contributed by atoms with Crippen LogP contribution in [0.2, 0.25) is 0 Å². The molecule has 0 bridgehead atoms. The van der Waals surface area contributed by atoms with Crippen LogP contribution in [-0.4, -0.2) is 19.5 Å². The molecule has 322 valence electrons. The van der Waals surface area contributed by atoms with Crippen molar-refractivity contribution in [1.29, 1.82) is 0 Å². The summed E-state index contributed by atoms with van der Waals surface area (Å²) in [5.41, 5.74) is 16.1. The average molecular weight is 883 g/mol. The molecule has 14 rings (SSSR count). The molecule has 0 aliphatic heterocycles.